The molecule has 0 spiro atoms. The van der Waals surface area contributed by atoms with E-state index in [9.17, 15) is 0 Å². The number of hydrogen-bond donors (Lipinski definition) is 0. The lowest BCUT2D eigenvalue weighted by atomic mass is 10.0. The first-order chi connectivity index (χ1) is 14.8. The number of rotatable bonds is 2. The van der Waals surface area contributed by atoms with Crippen LogP contribution >= 0.6 is 11.6 Å². The summed E-state index contributed by atoms with van der Waals surface area (Å²) in [5, 5.41) is 5.43. The lowest BCUT2D eigenvalue weighted by molar-refractivity contribution is 1.10. The van der Waals surface area contributed by atoms with E-state index in [0.29, 0.717) is 0 Å². The maximum Gasteiger partial charge on any atom is 0.145 e. The Balaban J connectivity index is 1.76. The number of benzene rings is 5. The summed E-state index contributed by atoms with van der Waals surface area (Å²) in [6.07, 6.45) is 0. The maximum atomic E-state index is 6.33. The van der Waals surface area contributed by atoms with Crippen LogP contribution in [0.1, 0.15) is 0 Å². The smallest absolute Gasteiger partial charge is 0.145 e. The number of nitrogens with zero attached hydrogens (tertiary/aromatic N) is 2. The molecule has 0 aliphatic heterocycles. The number of imidazole rings is 1. The molecule has 0 bridgehead atoms. The van der Waals surface area contributed by atoms with E-state index < -0.39 is 0 Å². The van der Waals surface area contributed by atoms with E-state index >= 15 is 0 Å². The lowest BCUT2D eigenvalue weighted by Crippen LogP contribution is -1.97. The van der Waals surface area contributed by atoms with Crippen molar-refractivity contribution in [3.05, 3.63) is 108 Å². The second-order valence-corrected chi connectivity index (χ2v) is 7.90. The molecule has 5 aromatic carbocycles. The Morgan fingerprint density at radius 3 is 2.10 bits per heavy atom. The molecular formula is C27H17ClN2. The van der Waals surface area contributed by atoms with Gasteiger partial charge in [0, 0.05) is 16.3 Å². The van der Waals surface area contributed by atoms with Crippen LogP contribution in [0.2, 0.25) is 5.02 Å². The van der Waals surface area contributed by atoms with Crippen molar-refractivity contribution in [2.45, 2.75) is 0 Å². The van der Waals surface area contributed by atoms with Gasteiger partial charge in [0.15, 0.2) is 0 Å². The molecule has 0 unspecified atom stereocenters. The number of halogens is 1. The highest BCUT2D eigenvalue weighted by Crippen LogP contribution is 2.34. The Hall–Kier alpha value is -3.62. The zero-order valence-electron chi connectivity index (χ0n) is 16.1. The fraction of sp³-hybridized carbons (Fsp3) is 0. The van der Waals surface area contributed by atoms with Gasteiger partial charge in [-0.3, -0.25) is 4.57 Å². The molecule has 0 radical (unpaired) electrons. The summed E-state index contributed by atoms with van der Waals surface area (Å²) in [6, 6.07) is 35.5. The van der Waals surface area contributed by atoms with Gasteiger partial charge in [-0.15, -0.1) is 0 Å². The van der Waals surface area contributed by atoms with Gasteiger partial charge < -0.3 is 0 Å². The molecule has 0 atom stereocenters. The monoisotopic (exact) mass is 404 g/mol. The Morgan fingerprint density at radius 2 is 1.30 bits per heavy atom. The molecule has 2 nitrogen and oxygen atoms in total. The highest BCUT2D eigenvalue weighted by Gasteiger charge is 2.15. The van der Waals surface area contributed by atoms with Crippen LogP contribution in [0.4, 0.5) is 0 Å². The fourth-order valence-electron chi connectivity index (χ4n) is 4.22. The van der Waals surface area contributed by atoms with Gasteiger partial charge >= 0.3 is 0 Å². The minimum atomic E-state index is 0.747. The summed E-state index contributed by atoms with van der Waals surface area (Å²) in [7, 11) is 0. The SMILES string of the molecule is Clc1ccc2ccc3cc4nc(-c5ccccc5)n(-c5ccccc5)c4cc3c2c1. The van der Waals surface area contributed by atoms with Crippen molar-refractivity contribution in [2.75, 3.05) is 0 Å². The molecule has 6 rings (SSSR count). The Labute approximate surface area is 179 Å². The van der Waals surface area contributed by atoms with Crippen molar-refractivity contribution in [3.8, 4) is 17.1 Å². The third-order valence-corrected chi connectivity index (χ3v) is 5.86. The van der Waals surface area contributed by atoms with Crippen molar-refractivity contribution in [1.82, 2.24) is 9.55 Å². The van der Waals surface area contributed by atoms with Crippen LogP contribution in [-0.4, -0.2) is 9.55 Å². The van der Waals surface area contributed by atoms with Crippen molar-refractivity contribution in [1.29, 1.82) is 0 Å². The van der Waals surface area contributed by atoms with Crippen LogP contribution in [0.15, 0.2) is 103 Å². The third kappa shape index (κ3) is 2.69. The third-order valence-electron chi connectivity index (χ3n) is 5.62. The molecule has 30 heavy (non-hydrogen) atoms. The number of hydrogen-bond acceptors (Lipinski definition) is 1. The van der Waals surface area contributed by atoms with E-state index in [2.05, 4.69) is 83.4 Å². The minimum Gasteiger partial charge on any atom is -0.292 e. The van der Waals surface area contributed by atoms with E-state index in [1.54, 1.807) is 0 Å². The topological polar surface area (TPSA) is 17.8 Å². The van der Waals surface area contributed by atoms with Crippen LogP contribution in [0, 0.1) is 0 Å². The first-order valence-corrected chi connectivity index (χ1v) is 10.3. The van der Waals surface area contributed by atoms with Crippen LogP contribution in [0.25, 0.3) is 49.7 Å². The quantitative estimate of drug-likeness (QED) is 0.271. The van der Waals surface area contributed by atoms with Crippen LogP contribution < -0.4 is 0 Å². The second kappa shape index (κ2) is 6.72. The van der Waals surface area contributed by atoms with Gasteiger partial charge in [0.25, 0.3) is 0 Å². The molecule has 0 aliphatic carbocycles. The van der Waals surface area contributed by atoms with Gasteiger partial charge in [0.1, 0.15) is 5.82 Å². The molecule has 0 fully saturated rings. The van der Waals surface area contributed by atoms with Gasteiger partial charge in [-0.05, 0) is 57.9 Å². The molecular weight excluding hydrogens is 388 g/mol. The average molecular weight is 405 g/mol. The number of fused-ring (bicyclic) bond motifs is 4. The molecule has 0 aliphatic rings. The molecule has 1 aromatic heterocycles. The summed E-state index contributed by atoms with van der Waals surface area (Å²) in [6.45, 7) is 0. The molecule has 0 saturated carbocycles. The van der Waals surface area contributed by atoms with Crippen molar-refractivity contribution in [2.24, 2.45) is 0 Å². The highest BCUT2D eigenvalue weighted by molar-refractivity contribution is 6.32. The molecule has 0 N–H and O–H groups in total. The second-order valence-electron chi connectivity index (χ2n) is 7.47. The van der Waals surface area contributed by atoms with Gasteiger partial charge in [0.2, 0.25) is 0 Å². The average Bonchev–Trinajstić information content (AvgIpc) is 3.17. The van der Waals surface area contributed by atoms with Gasteiger partial charge in [-0.25, -0.2) is 4.98 Å². The molecule has 3 heteroatoms. The van der Waals surface area contributed by atoms with Crippen LogP contribution in [0.3, 0.4) is 0 Å². The van der Waals surface area contributed by atoms with Crippen LogP contribution in [-0.2, 0) is 0 Å². The largest absolute Gasteiger partial charge is 0.292 e. The van der Waals surface area contributed by atoms with Gasteiger partial charge in [-0.1, -0.05) is 78.3 Å². The summed E-state index contributed by atoms with van der Waals surface area (Å²) in [5.41, 5.74) is 4.25. The van der Waals surface area contributed by atoms with E-state index in [1.165, 1.54) is 10.8 Å². The predicted octanol–water partition coefficient (Wildman–Crippen LogP) is 7.65. The molecule has 1 heterocycles. The lowest BCUT2D eigenvalue weighted by Gasteiger charge is -2.10. The molecule has 0 amide bonds. The van der Waals surface area contributed by atoms with E-state index in [-0.39, 0.29) is 0 Å². The minimum absolute atomic E-state index is 0.747. The Morgan fingerprint density at radius 1 is 0.633 bits per heavy atom. The zero-order chi connectivity index (χ0) is 20.1. The van der Waals surface area contributed by atoms with E-state index in [0.717, 1.165) is 43.9 Å². The molecule has 142 valence electrons. The Bertz CT molecular complexity index is 1530. The normalized spacial score (nSPS) is 11.5. The highest BCUT2D eigenvalue weighted by atomic mass is 35.5. The fourth-order valence-corrected chi connectivity index (χ4v) is 4.39. The standard InChI is InChI=1S/C27H17ClN2/c28-21-14-13-18-11-12-20-15-25-26(17-24(20)23(18)16-21)30(22-9-5-2-6-10-22)27(29-25)19-7-3-1-4-8-19/h1-17H. The zero-order valence-corrected chi connectivity index (χ0v) is 16.8. The summed E-state index contributed by atoms with van der Waals surface area (Å²) >= 11 is 6.33. The number of aromatic nitrogens is 2. The van der Waals surface area contributed by atoms with Crippen molar-refractivity contribution >= 4 is 44.2 Å². The Kier molecular flexibility index (Phi) is 3.87. The summed E-state index contributed by atoms with van der Waals surface area (Å²) < 4.78 is 2.24. The first kappa shape index (κ1) is 17.3. The molecule has 6 aromatic rings. The van der Waals surface area contributed by atoms with Gasteiger partial charge in [0.05, 0.1) is 11.0 Å². The van der Waals surface area contributed by atoms with Gasteiger partial charge in [-0.2, -0.15) is 0 Å². The summed E-state index contributed by atoms with van der Waals surface area (Å²) in [5.74, 6) is 0.939. The first-order valence-electron chi connectivity index (χ1n) is 9.93. The van der Waals surface area contributed by atoms with Crippen molar-refractivity contribution in [3.63, 3.8) is 0 Å². The predicted molar refractivity (Wildman–Crippen MR) is 127 cm³/mol. The maximum absolute atomic E-state index is 6.33. The summed E-state index contributed by atoms with van der Waals surface area (Å²) in [4.78, 5) is 5.04. The van der Waals surface area contributed by atoms with E-state index in [1.807, 2.05) is 24.3 Å². The van der Waals surface area contributed by atoms with Crippen molar-refractivity contribution < 1.29 is 0 Å². The number of para-hydroxylation sites is 1. The van der Waals surface area contributed by atoms with Crippen LogP contribution in [0.5, 0.6) is 0 Å². The molecule has 0 saturated heterocycles. The van der Waals surface area contributed by atoms with E-state index in [4.69, 9.17) is 16.6 Å².